The number of likely N-dealkylation sites (tertiary alicyclic amines) is 1. The minimum absolute atomic E-state index is 0.0226. The molecule has 4 heterocycles. The monoisotopic (exact) mass is 346 g/mol. The first-order chi connectivity index (χ1) is 11.8. The highest BCUT2D eigenvalue weighted by atomic mass is 32.1. The van der Waals surface area contributed by atoms with Gasteiger partial charge in [-0.05, 0) is 48.9 Å². The van der Waals surface area contributed by atoms with E-state index in [1.807, 2.05) is 12.1 Å². The number of ether oxygens (including phenoxy) is 1. The van der Waals surface area contributed by atoms with Gasteiger partial charge in [-0.1, -0.05) is 6.07 Å². The maximum absolute atomic E-state index is 12.3. The van der Waals surface area contributed by atoms with Crippen LogP contribution in [0.1, 0.15) is 23.5 Å². The molecule has 2 saturated heterocycles. The third-order valence-electron chi connectivity index (χ3n) is 4.90. The summed E-state index contributed by atoms with van der Waals surface area (Å²) in [5, 5.41) is 5.03. The van der Waals surface area contributed by atoms with Crippen LogP contribution < -0.4 is 5.32 Å². The Hall–Kier alpha value is -1.63. The number of carbonyl (C=O) groups excluding carboxylic acids is 1. The van der Waals surface area contributed by atoms with Crippen molar-refractivity contribution >= 4 is 17.2 Å². The molecule has 128 valence electrons. The molecule has 2 aliphatic rings. The largest absolute Gasteiger partial charge is 0.467 e. The van der Waals surface area contributed by atoms with Crippen molar-refractivity contribution in [3.8, 4) is 0 Å². The number of amides is 1. The van der Waals surface area contributed by atoms with Crippen LogP contribution in [0.4, 0.5) is 0 Å². The Bertz CT molecular complexity index is 656. The van der Waals surface area contributed by atoms with E-state index in [0.717, 1.165) is 38.2 Å². The predicted octanol–water partition coefficient (Wildman–Crippen LogP) is 2.64. The van der Waals surface area contributed by atoms with Gasteiger partial charge in [-0.3, -0.25) is 9.69 Å². The summed E-state index contributed by atoms with van der Waals surface area (Å²) < 4.78 is 11.3. The molecular formula is C18H22N2O3S. The number of hydrogen-bond donors (Lipinski definition) is 1. The molecule has 2 fully saturated rings. The lowest BCUT2D eigenvalue weighted by Gasteiger charge is -2.33. The van der Waals surface area contributed by atoms with Gasteiger partial charge in [0.1, 0.15) is 11.9 Å². The lowest BCUT2D eigenvalue weighted by atomic mass is 9.91. The Balaban J connectivity index is 1.28. The maximum Gasteiger partial charge on any atom is 0.249 e. The number of carbonyl (C=O) groups is 1. The lowest BCUT2D eigenvalue weighted by molar-refractivity contribution is -0.133. The van der Waals surface area contributed by atoms with Crippen molar-refractivity contribution in [2.75, 3.05) is 13.1 Å². The molecule has 0 aromatic carbocycles. The van der Waals surface area contributed by atoms with Gasteiger partial charge in [0.2, 0.25) is 5.91 Å². The van der Waals surface area contributed by atoms with Crippen LogP contribution in [0.5, 0.6) is 0 Å². The van der Waals surface area contributed by atoms with Crippen LogP contribution >= 0.6 is 11.3 Å². The van der Waals surface area contributed by atoms with Gasteiger partial charge in [0.05, 0.1) is 18.9 Å². The Morgan fingerprint density at radius 3 is 3.12 bits per heavy atom. The molecule has 3 atom stereocenters. The SMILES string of the molecule is O=C(NCc1ccco1)[C@@H]1C[C@@H]2CCN(Cc3cccs3)C[C@H]2O1. The maximum atomic E-state index is 12.3. The zero-order valence-electron chi connectivity index (χ0n) is 13.5. The van der Waals surface area contributed by atoms with Crippen molar-refractivity contribution in [1.29, 1.82) is 0 Å². The molecule has 4 rings (SSSR count). The molecule has 0 unspecified atom stereocenters. The summed E-state index contributed by atoms with van der Waals surface area (Å²) in [5.74, 6) is 1.25. The number of hydrogen-bond acceptors (Lipinski definition) is 5. The van der Waals surface area contributed by atoms with Gasteiger partial charge in [-0.2, -0.15) is 0 Å². The normalized spacial score (nSPS) is 27.1. The first-order valence-electron chi connectivity index (χ1n) is 8.48. The summed E-state index contributed by atoms with van der Waals surface area (Å²) in [5.41, 5.74) is 0. The second-order valence-corrected chi connectivity index (χ2v) is 7.59. The highest BCUT2D eigenvalue weighted by molar-refractivity contribution is 7.09. The van der Waals surface area contributed by atoms with Crippen LogP contribution in [-0.4, -0.2) is 36.1 Å². The number of rotatable bonds is 5. The van der Waals surface area contributed by atoms with Crippen molar-refractivity contribution in [3.05, 3.63) is 46.5 Å². The zero-order valence-corrected chi connectivity index (χ0v) is 14.3. The van der Waals surface area contributed by atoms with Crippen molar-refractivity contribution in [3.63, 3.8) is 0 Å². The summed E-state index contributed by atoms with van der Waals surface area (Å²) >= 11 is 1.80. The fourth-order valence-electron chi connectivity index (χ4n) is 3.63. The van der Waals surface area contributed by atoms with E-state index in [2.05, 4.69) is 27.7 Å². The van der Waals surface area contributed by atoms with E-state index in [9.17, 15) is 4.79 Å². The molecule has 6 heteroatoms. The van der Waals surface area contributed by atoms with Gasteiger partial charge in [-0.15, -0.1) is 11.3 Å². The molecule has 0 bridgehead atoms. The molecule has 0 saturated carbocycles. The summed E-state index contributed by atoms with van der Waals surface area (Å²) in [6.45, 7) is 3.42. The quantitative estimate of drug-likeness (QED) is 0.904. The summed E-state index contributed by atoms with van der Waals surface area (Å²) in [7, 11) is 0. The van der Waals surface area contributed by atoms with E-state index in [1.165, 1.54) is 4.88 Å². The second kappa shape index (κ2) is 7.09. The van der Waals surface area contributed by atoms with E-state index in [1.54, 1.807) is 17.6 Å². The van der Waals surface area contributed by atoms with Crippen LogP contribution in [0.2, 0.25) is 0 Å². The Morgan fingerprint density at radius 2 is 2.33 bits per heavy atom. The Labute approximate surface area is 145 Å². The minimum Gasteiger partial charge on any atom is -0.467 e. The highest BCUT2D eigenvalue weighted by Gasteiger charge is 2.41. The fraction of sp³-hybridized carbons (Fsp3) is 0.500. The smallest absolute Gasteiger partial charge is 0.249 e. The van der Waals surface area contributed by atoms with Crippen molar-refractivity contribution in [1.82, 2.24) is 10.2 Å². The average Bonchev–Trinajstić information content (AvgIpc) is 3.33. The van der Waals surface area contributed by atoms with Gasteiger partial charge in [0.15, 0.2) is 0 Å². The average molecular weight is 346 g/mol. The first-order valence-corrected chi connectivity index (χ1v) is 9.36. The second-order valence-electron chi connectivity index (χ2n) is 6.56. The number of thiophene rings is 1. The number of piperidine rings is 1. The molecule has 0 aliphatic carbocycles. The van der Waals surface area contributed by atoms with Crippen molar-refractivity contribution in [2.45, 2.75) is 38.1 Å². The topological polar surface area (TPSA) is 54.7 Å². The van der Waals surface area contributed by atoms with Crippen LogP contribution in [0.25, 0.3) is 0 Å². The molecular weight excluding hydrogens is 324 g/mol. The van der Waals surface area contributed by atoms with Crippen LogP contribution in [-0.2, 0) is 22.6 Å². The van der Waals surface area contributed by atoms with Gasteiger partial charge < -0.3 is 14.5 Å². The third-order valence-corrected chi connectivity index (χ3v) is 5.77. The van der Waals surface area contributed by atoms with E-state index >= 15 is 0 Å². The van der Waals surface area contributed by atoms with Crippen LogP contribution in [0.15, 0.2) is 40.3 Å². The highest BCUT2D eigenvalue weighted by Crippen LogP contribution is 2.34. The van der Waals surface area contributed by atoms with E-state index in [4.69, 9.17) is 9.15 Å². The fourth-order valence-corrected chi connectivity index (χ4v) is 4.38. The zero-order chi connectivity index (χ0) is 16.4. The Kier molecular flexibility index (Phi) is 4.69. The standard InChI is InChI=1S/C18H22N2O3S/c21-18(19-10-14-3-1-7-22-14)16-9-13-5-6-20(12-17(13)23-16)11-15-4-2-8-24-15/h1-4,7-8,13,16-17H,5-6,9-12H2,(H,19,21)/t13-,16-,17+/m0/s1. The van der Waals surface area contributed by atoms with Crippen molar-refractivity contribution < 1.29 is 13.9 Å². The van der Waals surface area contributed by atoms with Gasteiger partial charge in [-0.25, -0.2) is 0 Å². The molecule has 1 N–H and O–H groups in total. The molecule has 1 amide bonds. The minimum atomic E-state index is -0.323. The lowest BCUT2D eigenvalue weighted by Crippen LogP contribution is -2.42. The van der Waals surface area contributed by atoms with Crippen molar-refractivity contribution in [2.24, 2.45) is 5.92 Å². The van der Waals surface area contributed by atoms with E-state index in [-0.39, 0.29) is 18.1 Å². The van der Waals surface area contributed by atoms with E-state index in [0.29, 0.717) is 12.5 Å². The first kappa shape index (κ1) is 15.9. The summed E-state index contributed by atoms with van der Waals surface area (Å²) in [6, 6.07) is 7.96. The third kappa shape index (κ3) is 3.55. The molecule has 5 nitrogen and oxygen atoms in total. The summed E-state index contributed by atoms with van der Waals surface area (Å²) in [6.07, 6.45) is 3.42. The number of nitrogens with one attached hydrogen (secondary N) is 1. The van der Waals surface area contributed by atoms with Crippen LogP contribution in [0, 0.1) is 5.92 Å². The molecule has 2 aliphatic heterocycles. The Morgan fingerprint density at radius 1 is 1.38 bits per heavy atom. The van der Waals surface area contributed by atoms with Gasteiger partial charge in [0, 0.05) is 18.0 Å². The molecule has 2 aromatic heterocycles. The molecule has 2 aromatic rings. The predicted molar refractivity (Wildman–Crippen MR) is 91.5 cm³/mol. The number of fused-ring (bicyclic) bond motifs is 1. The number of nitrogens with zero attached hydrogens (tertiary/aromatic N) is 1. The molecule has 0 spiro atoms. The van der Waals surface area contributed by atoms with E-state index < -0.39 is 0 Å². The van der Waals surface area contributed by atoms with Gasteiger partial charge in [0.25, 0.3) is 0 Å². The summed E-state index contributed by atoms with van der Waals surface area (Å²) in [4.78, 5) is 16.2. The van der Waals surface area contributed by atoms with Crippen LogP contribution in [0.3, 0.4) is 0 Å². The van der Waals surface area contributed by atoms with Gasteiger partial charge >= 0.3 is 0 Å². The number of furan rings is 1. The molecule has 24 heavy (non-hydrogen) atoms. The molecule has 0 radical (unpaired) electrons.